The zero-order chi connectivity index (χ0) is 15.2. The van der Waals surface area contributed by atoms with Crippen LogP contribution in [0.1, 0.15) is 11.1 Å². The first-order valence-corrected chi connectivity index (χ1v) is 6.74. The van der Waals surface area contributed by atoms with E-state index in [0.717, 1.165) is 11.1 Å². The number of benzene rings is 1. The highest BCUT2D eigenvalue weighted by atomic mass is 35.5. The van der Waals surface area contributed by atoms with E-state index in [-0.39, 0.29) is 37.3 Å². The second kappa shape index (κ2) is 10.0. The van der Waals surface area contributed by atoms with Crippen LogP contribution in [0.15, 0.2) is 36.5 Å². The molecule has 0 bridgehead atoms. The van der Waals surface area contributed by atoms with Crippen molar-refractivity contribution in [3.63, 3.8) is 0 Å². The van der Waals surface area contributed by atoms with Crippen molar-refractivity contribution in [1.82, 2.24) is 10.3 Å². The van der Waals surface area contributed by atoms with Crippen LogP contribution in [0.25, 0.3) is 0 Å². The minimum Gasteiger partial charge on any atom is -0.439 e. The molecule has 0 atom stereocenters. The van der Waals surface area contributed by atoms with Gasteiger partial charge in [-0.05, 0) is 44.2 Å². The van der Waals surface area contributed by atoms with E-state index in [1.165, 1.54) is 0 Å². The minimum atomic E-state index is -0.0963. The van der Waals surface area contributed by atoms with Gasteiger partial charge in [0.05, 0.1) is 6.54 Å². The molecule has 0 saturated carbocycles. The molecule has 0 saturated heterocycles. The van der Waals surface area contributed by atoms with Gasteiger partial charge in [0.2, 0.25) is 11.8 Å². The monoisotopic (exact) mass is 357 g/mol. The molecular formula is C16H21Cl2N3O2. The Bertz CT molecular complexity index is 651. The average molecular weight is 358 g/mol. The fourth-order valence-corrected chi connectivity index (χ4v) is 1.83. The molecule has 7 heteroatoms. The van der Waals surface area contributed by atoms with Crippen molar-refractivity contribution in [3.05, 3.63) is 47.7 Å². The highest BCUT2D eigenvalue weighted by molar-refractivity contribution is 5.92. The summed E-state index contributed by atoms with van der Waals surface area (Å²) >= 11 is 0. The molecule has 5 nitrogen and oxygen atoms in total. The predicted octanol–water partition coefficient (Wildman–Crippen LogP) is 3.49. The smallest absolute Gasteiger partial charge is 0.238 e. The lowest BCUT2D eigenvalue weighted by atomic mass is 10.2. The summed E-state index contributed by atoms with van der Waals surface area (Å²) in [5.74, 6) is 1.12. The third kappa shape index (κ3) is 6.44. The molecule has 0 aliphatic heterocycles. The summed E-state index contributed by atoms with van der Waals surface area (Å²) in [5.41, 5.74) is 2.75. The Hall–Kier alpha value is -1.82. The minimum absolute atomic E-state index is 0. The number of rotatable bonds is 5. The van der Waals surface area contributed by atoms with Crippen LogP contribution in [-0.2, 0) is 4.79 Å². The second-order valence-corrected chi connectivity index (χ2v) is 4.83. The van der Waals surface area contributed by atoms with Gasteiger partial charge in [-0.15, -0.1) is 24.8 Å². The van der Waals surface area contributed by atoms with Crippen molar-refractivity contribution < 1.29 is 9.53 Å². The number of hydrogen-bond acceptors (Lipinski definition) is 4. The molecule has 0 spiro atoms. The molecule has 2 rings (SSSR count). The van der Waals surface area contributed by atoms with E-state index < -0.39 is 0 Å². The summed E-state index contributed by atoms with van der Waals surface area (Å²) in [6.45, 7) is 4.20. The summed E-state index contributed by atoms with van der Waals surface area (Å²) in [4.78, 5) is 15.8. The number of carbonyl (C=O) groups is 1. The van der Waals surface area contributed by atoms with Crippen molar-refractivity contribution in [3.8, 4) is 11.6 Å². The number of hydrogen-bond donors (Lipinski definition) is 2. The third-order valence-electron chi connectivity index (χ3n) is 2.91. The van der Waals surface area contributed by atoms with Crippen LogP contribution in [0.3, 0.4) is 0 Å². The molecule has 1 aromatic heterocycles. The molecule has 0 fully saturated rings. The van der Waals surface area contributed by atoms with Crippen molar-refractivity contribution in [2.75, 3.05) is 18.9 Å². The molecule has 1 amide bonds. The van der Waals surface area contributed by atoms with Gasteiger partial charge in [0, 0.05) is 24.0 Å². The maximum absolute atomic E-state index is 11.6. The van der Waals surface area contributed by atoms with Gasteiger partial charge in [0.1, 0.15) is 5.75 Å². The fraction of sp³-hybridized carbons (Fsp3) is 0.250. The quantitative estimate of drug-likeness (QED) is 0.859. The second-order valence-electron chi connectivity index (χ2n) is 4.83. The molecule has 126 valence electrons. The zero-order valence-electron chi connectivity index (χ0n) is 13.3. The van der Waals surface area contributed by atoms with Crippen LogP contribution in [0.2, 0.25) is 0 Å². The molecular weight excluding hydrogens is 337 g/mol. The summed E-state index contributed by atoms with van der Waals surface area (Å²) in [5, 5.41) is 5.61. The van der Waals surface area contributed by atoms with E-state index in [9.17, 15) is 4.79 Å². The maximum atomic E-state index is 11.6. The highest BCUT2D eigenvalue weighted by Gasteiger charge is 2.06. The Morgan fingerprint density at radius 1 is 1.17 bits per heavy atom. The molecule has 0 radical (unpaired) electrons. The summed E-state index contributed by atoms with van der Waals surface area (Å²) in [6.07, 6.45) is 1.71. The molecule has 1 heterocycles. The standard InChI is InChI=1S/C16H19N3O2.2ClH/c1-11-6-7-18-16(8-11)21-14-9-13(5-4-12(14)2)19-15(20)10-17-3;;/h4-9,17H,10H2,1-3H3,(H,19,20);2*1H. The number of halogens is 2. The summed E-state index contributed by atoms with van der Waals surface area (Å²) in [6, 6.07) is 9.33. The van der Waals surface area contributed by atoms with Crippen molar-refractivity contribution >= 4 is 36.4 Å². The average Bonchev–Trinajstić information content (AvgIpc) is 2.43. The highest BCUT2D eigenvalue weighted by Crippen LogP contribution is 2.27. The lowest BCUT2D eigenvalue weighted by Gasteiger charge is -2.11. The van der Waals surface area contributed by atoms with Crippen LogP contribution >= 0.6 is 24.8 Å². The van der Waals surface area contributed by atoms with Crippen LogP contribution in [-0.4, -0.2) is 24.5 Å². The van der Waals surface area contributed by atoms with Gasteiger partial charge in [0.25, 0.3) is 0 Å². The first kappa shape index (κ1) is 21.2. The van der Waals surface area contributed by atoms with E-state index in [0.29, 0.717) is 17.3 Å². The van der Waals surface area contributed by atoms with Crippen molar-refractivity contribution in [1.29, 1.82) is 0 Å². The molecule has 0 unspecified atom stereocenters. The van der Waals surface area contributed by atoms with E-state index in [1.807, 2.05) is 38.1 Å². The van der Waals surface area contributed by atoms with Gasteiger partial charge >= 0.3 is 0 Å². The molecule has 1 aromatic carbocycles. The number of aromatic nitrogens is 1. The number of aryl methyl sites for hydroxylation is 2. The number of amides is 1. The van der Waals surface area contributed by atoms with Crippen LogP contribution in [0, 0.1) is 13.8 Å². The number of pyridine rings is 1. The molecule has 0 aliphatic rings. The van der Waals surface area contributed by atoms with Crippen LogP contribution in [0.5, 0.6) is 11.6 Å². The summed E-state index contributed by atoms with van der Waals surface area (Å²) < 4.78 is 5.79. The van der Waals surface area contributed by atoms with Gasteiger partial charge < -0.3 is 15.4 Å². The zero-order valence-corrected chi connectivity index (χ0v) is 14.9. The molecule has 0 aliphatic carbocycles. The normalized spacial score (nSPS) is 9.35. The van der Waals surface area contributed by atoms with E-state index >= 15 is 0 Å². The Morgan fingerprint density at radius 2 is 1.91 bits per heavy atom. The molecule has 2 N–H and O–H groups in total. The van der Waals surface area contributed by atoms with E-state index in [4.69, 9.17) is 4.74 Å². The SMILES string of the molecule is CNCC(=O)Nc1ccc(C)c(Oc2cc(C)ccn2)c1.Cl.Cl. The first-order valence-electron chi connectivity index (χ1n) is 6.74. The Labute approximate surface area is 148 Å². The van der Waals surface area contributed by atoms with Gasteiger partial charge in [-0.2, -0.15) is 0 Å². The fourth-order valence-electron chi connectivity index (χ4n) is 1.83. The maximum Gasteiger partial charge on any atom is 0.238 e. The Balaban J connectivity index is 0.00000242. The number of nitrogens with one attached hydrogen (secondary N) is 2. The Kier molecular flexibility index (Phi) is 9.25. The molecule has 2 aromatic rings. The lowest BCUT2D eigenvalue weighted by Crippen LogP contribution is -2.25. The lowest BCUT2D eigenvalue weighted by molar-refractivity contribution is -0.115. The van der Waals surface area contributed by atoms with Crippen molar-refractivity contribution in [2.45, 2.75) is 13.8 Å². The van der Waals surface area contributed by atoms with Gasteiger partial charge in [-0.25, -0.2) is 4.98 Å². The Morgan fingerprint density at radius 3 is 2.57 bits per heavy atom. The number of anilines is 1. The largest absolute Gasteiger partial charge is 0.439 e. The van der Waals surface area contributed by atoms with E-state index in [2.05, 4.69) is 15.6 Å². The van der Waals surface area contributed by atoms with Crippen LogP contribution < -0.4 is 15.4 Å². The first-order chi connectivity index (χ1) is 10.1. The number of carbonyl (C=O) groups excluding carboxylic acids is 1. The van der Waals surface area contributed by atoms with Crippen LogP contribution in [0.4, 0.5) is 5.69 Å². The molecule has 23 heavy (non-hydrogen) atoms. The number of likely N-dealkylation sites (N-methyl/N-ethyl adjacent to an activating group) is 1. The third-order valence-corrected chi connectivity index (χ3v) is 2.91. The summed E-state index contributed by atoms with van der Waals surface area (Å²) in [7, 11) is 1.73. The van der Waals surface area contributed by atoms with Crippen molar-refractivity contribution in [2.24, 2.45) is 0 Å². The van der Waals surface area contributed by atoms with Gasteiger partial charge in [-0.3, -0.25) is 4.79 Å². The predicted molar refractivity (Wildman–Crippen MR) is 97.3 cm³/mol. The number of nitrogens with zero attached hydrogens (tertiary/aromatic N) is 1. The topological polar surface area (TPSA) is 63.2 Å². The van der Waals surface area contributed by atoms with E-state index in [1.54, 1.807) is 19.3 Å². The number of ether oxygens (including phenoxy) is 1. The van der Waals surface area contributed by atoms with Gasteiger partial charge in [-0.1, -0.05) is 6.07 Å². The van der Waals surface area contributed by atoms with Gasteiger partial charge in [0.15, 0.2) is 0 Å².